The van der Waals surface area contributed by atoms with Gasteiger partial charge in [0, 0.05) is 76.8 Å². The van der Waals surface area contributed by atoms with E-state index in [1.54, 1.807) is 0 Å². The summed E-state index contributed by atoms with van der Waals surface area (Å²) in [4.78, 5) is 85.2. The number of rotatable bonds is 24. The van der Waals surface area contributed by atoms with E-state index in [0.717, 1.165) is 48.3 Å². The molecule has 4 aliphatic rings. The van der Waals surface area contributed by atoms with Crippen molar-refractivity contribution in [2.75, 3.05) is 52.4 Å². The molecule has 4 fully saturated rings. The molecular weight excluding hydrogens is 999 g/mol. The SMILES string of the molecule is CC(CCC(=O)[O-])[C@H]1CCC2C3CCC4CC(NC(=O)CCC(C(=O)[O-])N(CCN(CC(=O)[O-])CC(=O)[O-])CCN(CC(=O)[O-])CC(=O)[O-])CC[C@]4(C)C3C[C@H](O)[C@@]21C.[Gd+3].[Na+].[Na+].[Na+]. The summed E-state index contributed by atoms with van der Waals surface area (Å²) in [5, 5.41) is 83.6. The smallest absolute Gasteiger partial charge is 0.550 e. The van der Waals surface area contributed by atoms with Crippen molar-refractivity contribution in [2.45, 2.75) is 116 Å². The van der Waals surface area contributed by atoms with Crippen LogP contribution in [0.25, 0.3) is 0 Å². The number of hydrogen-bond acceptors (Lipinski definition) is 17. The van der Waals surface area contributed by atoms with E-state index < -0.39 is 80.0 Å². The summed E-state index contributed by atoms with van der Waals surface area (Å²) in [6.07, 6.45) is 6.40. The number of carbonyl (C=O) groups is 7. The van der Waals surface area contributed by atoms with Crippen LogP contribution in [0.3, 0.4) is 0 Å². The molecule has 1 amide bonds. The maximum atomic E-state index is 13.4. The Morgan fingerprint density at radius 2 is 1.19 bits per heavy atom. The summed E-state index contributed by atoms with van der Waals surface area (Å²) in [5.74, 6) is -7.68. The summed E-state index contributed by atoms with van der Waals surface area (Å²) < 4.78 is 0. The average Bonchev–Trinajstić information content (AvgIpc) is 3.49. The number of aliphatic hydroxyl groups excluding tert-OH is 1. The van der Waals surface area contributed by atoms with Crippen molar-refractivity contribution in [1.29, 1.82) is 0 Å². The van der Waals surface area contributed by atoms with Crippen molar-refractivity contribution in [2.24, 2.45) is 46.3 Å². The minimum Gasteiger partial charge on any atom is -0.550 e. The van der Waals surface area contributed by atoms with Gasteiger partial charge in [0.1, 0.15) is 0 Å². The second-order valence-electron chi connectivity index (χ2n) is 18.2. The van der Waals surface area contributed by atoms with E-state index in [9.17, 15) is 69.3 Å². The van der Waals surface area contributed by atoms with Gasteiger partial charge in [-0.05, 0) is 117 Å². The number of carboxylic acids is 6. The van der Waals surface area contributed by atoms with Gasteiger partial charge in [-0.15, -0.1) is 0 Å². The quantitative estimate of drug-likeness (QED) is 0.0849. The van der Waals surface area contributed by atoms with Crippen LogP contribution in [0.2, 0.25) is 0 Å². The Hall–Kier alpha value is 0.455. The van der Waals surface area contributed by atoms with Crippen molar-refractivity contribution in [3.63, 3.8) is 0 Å². The van der Waals surface area contributed by atoms with Crippen molar-refractivity contribution in [3.8, 4) is 0 Å². The molecule has 2 N–H and O–H groups in total. The topological polar surface area (TPSA) is 300 Å². The summed E-state index contributed by atoms with van der Waals surface area (Å²) in [6, 6.07) is -1.65. The Morgan fingerprint density at radius 1 is 0.667 bits per heavy atom. The van der Waals surface area contributed by atoms with E-state index in [1.165, 1.54) is 4.90 Å². The second-order valence-corrected chi connectivity index (χ2v) is 18.2. The van der Waals surface area contributed by atoms with Crippen LogP contribution in [0, 0.1) is 86.3 Å². The molecule has 7 unspecified atom stereocenters. The second kappa shape index (κ2) is 28.8. The molecule has 0 aliphatic heterocycles. The van der Waals surface area contributed by atoms with E-state index in [-0.39, 0.29) is 203 Å². The number of carbonyl (C=O) groups excluding carboxylic acids is 7. The molecule has 18 nitrogen and oxygen atoms in total. The maximum absolute atomic E-state index is 13.4. The zero-order chi connectivity index (χ0) is 43.8. The van der Waals surface area contributed by atoms with Crippen LogP contribution in [-0.2, 0) is 33.6 Å². The Labute approximate surface area is 468 Å². The summed E-state index contributed by atoms with van der Waals surface area (Å²) in [5.41, 5.74) is -0.329. The van der Waals surface area contributed by atoms with E-state index in [2.05, 4.69) is 26.1 Å². The predicted molar refractivity (Wildman–Crippen MR) is 194 cm³/mol. The number of nitrogens with one attached hydrogen (secondary N) is 1. The molecule has 0 bridgehead atoms. The van der Waals surface area contributed by atoms with Crippen LogP contribution in [0.4, 0.5) is 0 Å². The molecule has 0 aromatic carbocycles. The molecule has 339 valence electrons. The summed E-state index contributed by atoms with van der Waals surface area (Å²) >= 11 is 0. The van der Waals surface area contributed by atoms with Gasteiger partial charge in [-0.25, -0.2) is 0 Å². The minimum atomic E-state index is -1.60. The van der Waals surface area contributed by atoms with Crippen molar-refractivity contribution >= 4 is 41.7 Å². The number of amides is 1. The van der Waals surface area contributed by atoms with Crippen LogP contribution >= 0.6 is 0 Å². The summed E-state index contributed by atoms with van der Waals surface area (Å²) in [6.45, 7) is 2.15. The van der Waals surface area contributed by atoms with E-state index >= 15 is 0 Å². The van der Waals surface area contributed by atoms with Gasteiger partial charge in [-0.2, -0.15) is 0 Å². The zero-order valence-corrected chi connectivity index (χ0v) is 46.1. The van der Waals surface area contributed by atoms with E-state index in [0.29, 0.717) is 42.9 Å². The van der Waals surface area contributed by atoms with Gasteiger partial charge in [-0.1, -0.05) is 20.8 Å². The molecule has 4 rings (SSSR count). The van der Waals surface area contributed by atoms with Crippen LogP contribution in [-0.4, -0.2) is 132 Å². The number of aliphatic hydroxyl groups is 1. The van der Waals surface area contributed by atoms with Gasteiger partial charge < -0.3 is 69.8 Å². The number of hydrogen-bond donors (Lipinski definition) is 2. The zero-order valence-electron chi connectivity index (χ0n) is 37.8. The van der Waals surface area contributed by atoms with Crippen molar-refractivity contribution in [1.82, 2.24) is 20.0 Å². The molecule has 0 saturated heterocycles. The van der Waals surface area contributed by atoms with Gasteiger partial charge in [-0.3, -0.25) is 19.5 Å². The maximum Gasteiger partial charge on any atom is 3.00 e. The van der Waals surface area contributed by atoms with Gasteiger partial charge in [0.05, 0.1) is 36.0 Å². The number of nitrogens with zero attached hydrogens (tertiary/aromatic N) is 3. The molecule has 22 heteroatoms. The van der Waals surface area contributed by atoms with E-state index in [4.69, 9.17) is 0 Å². The number of aliphatic carboxylic acids is 6. The first-order valence-corrected chi connectivity index (χ1v) is 21.0. The molecule has 0 spiro atoms. The van der Waals surface area contributed by atoms with Gasteiger partial charge >= 0.3 is 129 Å². The minimum absolute atomic E-state index is 0. The molecule has 4 aliphatic carbocycles. The third-order valence-corrected chi connectivity index (χ3v) is 14.9. The molecular formula is C41H60GdN4Na3O14. The fraction of sp³-hybridized carbons (Fsp3) is 0.829. The third kappa shape index (κ3) is 17.4. The number of carboxylic acid groups (broad SMARTS) is 6. The fourth-order valence-electron chi connectivity index (χ4n) is 12.0. The largest absolute Gasteiger partial charge is 3.00 e. The van der Waals surface area contributed by atoms with Crippen LogP contribution in [0.5, 0.6) is 0 Å². The van der Waals surface area contributed by atoms with Crippen LogP contribution in [0.1, 0.15) is 97.8 Å². The monoisotopic (exact) mass is 1060 g/mol. The Bertz CT molecular complexity index is 1500. The normalized spacial score (nSPS) is 29.2. The van der Waals surface area contributed by atoms with Gasteiger partial charge in [0.2, 0.25) is 5.91 Å². The Balaban J connectivity index is 0.00000961. The average molecular weight is 1060 g/mol. The first kappa shape index (κ1) is 63.5. The van der Waals surface area contributed by atoms with Gasteiger partial charge in [0.15, 0.2) is 0 Å². The molecule has 0 heterocycles. The third-order valence-electron chi connectivity index (χ3n) is 14.9. The number of fused-ring (bicyclic) bond motifs is 5. The van der Waals surface area contributed by atoms with Crippen LogP contribution < -0.4 is 125 Å². The standard InChI is InChI=1S/C41H66N4O14.Gd.3Na/c1-24(4-11-34(48)49)28-7-8-29-27-6-5-25-18-26(12-13-40(25,2)30(27)19-32(46)41(28,29)3)42-33(47)10-9-31(39(58)59)45(16-14-43(20-35(50)51)21-36(52)53)17-15-44(22-37(54)55)23-38(56)57;;;;/h24-32,46H,4-23H2,1-3H3,(H,42,47)(H,48,49)(H,50,51)(H,52,53)(H,54,55)(H,56,57)(H,58,59);;;;/q;+3;3*+1/p-6/t24?,25?,26?,27?,28-,29?,30?,31?,32+,40+,41-;;;;/m1..../s1. The molecule has 0 aromatic heterocycles. The summed E-state index contributed by atoms with van der Waals surface area (Å²) in [7, 11) is 0. The molecule has 63 heavy (non-hydrogen) atoms. The van der Waals surface area contributed by atoms with Crippen molar-refractivity contribution in [3.05, 3.63) is 0 Å². The Kier molecular flexibility index (Phi) is 29.0. The van der Waals surface area contributed by atoms with E-state index in [1.807, 2.05) is 0 Å². The van der Waals surface area contributed by atoms with Crippen LogP contribution in [0.15, 0.2) is 0 Å². The Morgan fingerprint density at radius 3 is 1.67 bits per heavy atom. The van der Waals surface area contributed by atoms with Gasteiger partial charge in [0.25, 0.3) is 0 Å². The molecule has 0 aromatic rings. The molecule has 11 atom stereocenters. The molecule has 1 radical (unpaired) electrons. The fourth-order valence-corrected chi connectivity index (χ4v) is 12.0. The first-order valence-electron chi connectivity index (χ1n) is 21.0. The van der Waals surface area contributed by atoms with Crippen molar-refractivity contribution < 1.29 is 198 Å². The predicted octanol–water partition coefficient (Wildman–Crippen LogP) is -14.9. The first-order chi connectivity index (χ1) is 27.6. The molecule has 4 saturated carbocycles.